The van der Waals surface area contributed by atoms with Gasteiger partial charge in [0.1, 0.15) is 11.3 Å². The van der Waals surface area contributed by atoms with E-state index in [-0.39, 0.29) is 11.8 Å². The van der Waals surface area contributed by atoms with Gasteiger partial charge >= 0.3 is 5.97 Å². The molecule has 20 heavy (non-hydrogen) atoms. The van der Waals surface area contributed by atoms with Crippen LogP contribution >= 0.6 is 0 Å². The SMILES string of the molecule is CCCn1c(CC(C)(C)CC(=O)O)nc2cnccc21. The number of aryl methyl sites for hydroxylation is 1. The smallest absolute Gasteiger partial charge is 0.303 e. The molecular formula is C15H21N3O2. The van der Waals surface area contributed by atoms with Crippen LogP contribution in [0, 0.1) is 5.41 Å². The van der Waals surface area contributed by atoms with Crippen molar-refractivity contribution in [2.45, 2.75) is 46.6 Å². The molecule has 0 atom stereocenters. The van der Waals surface area contributed by atoms with Gasteiger partial charge in [-0.15, -0.1) is 0 Å². The fourth-order valence-corrected chi connectivity index (χ4v) is 2.54. The zero-order chi connectivity index (χ0) is 14.8. The molecule has 0 bridgehead atoms. The number of hydrogen-bond donors (Lipinski definition) is 1. The largest absolute Gasteiger partial charge is 0.481 e. The van der Waals surface area contributed by atoms with E-state index in [0.717, 1.165) is 29.8 Å². The monoisotopic (exact) mass is 275 g/mol. The molecule has 108 valence electrons. The van der Waals surface area contributed by atoms with Gasteiger partial charge in [0, 0.05) is 19.2 Å². The molecule has 0 radical (unpaired) electrons. The van der Waals surface area contributed by atoms with Crippen LogP contribution in [0.1, 0.15) is 39.4 Å². The van der Waals surface area contributed by atoms with Gasteiger partial charge < -0.3 is 9.67 Å². The molecule has 0 aliphatic heterocycles. The van der Waals surface area contributed by atoms with Gasteiger partial charge in [-0.3, -0.25) is 9.78 Å². The Morgan fingerprint density at radius 2 is 2.20 bits per heavy atom. The Bertz CT molecular complexity index is 617. The molecule has 0 spiro atoms. The summed E-state index contributed by atoms with van der Waals surface area (Å²) in [5.41, 5.74) is 1.64. The number of fused-ring (bicyclic) bond motifs is 1. The third-order valence-corrected chi connectivity index (χ3v) is 3.34. The third-order valence-electron chi connectivity index (χ3n) is 3.34. The molecule has 0 unspecified atom stereocenters. The van der Waals surface area contributed by atoms with E-state index in [1.54, 1.807) is 12.4 Å². The van der Waals surface area contributed by atoms with E-state index in [1.807, 2.05) is 19.9 Å². The van der Waals surface area contributed by atoms with Crippen LogP contribution in [0.15, 0.2) is 18.5 Å². The van der Waals surface area contributed by atoms with Gasteiger partial charge in [0.15, 0.2) is 0 Å². The minimum absolute atomic E-state index is 0.139. The Morgan fingerprint density at radius 3 is 2.85 bits per heavy atom. The number of carboxylic acid groups (broad SMARTS) is 1. The van der Waals surface area contributed by atoms with Crippen molar-refractivity contribution in [3.05, 3.63) is 24.3 Å². The molecule has 2 rings (SSSR count). The van der Waals surface area contributed by atoms with Crippen molar-refractivity contribution in [3.8, 4) is 0 Å². The Morgan fingerprint density at radius 1 is 1.45 bits per heavy atom. The van der Waals surface area contributed by atoms with E-state index in [1.165, 1.54) is 0 Å². The van der Waals surface area contributed by atoms with Crippen molar-refractivity contribution >= 4 is 17.0 Å². The maximum atomic E-state index is 11.0. The second-order valence-electron chi connectivity index (χ2n) is 5.96. The lowest BCUT2D eigenvalue weighted by atomic mass is 9.85. The molecule has 2 aromatic rings. The Kier molecular flexibility index (Phi) is 4.06. The predicted octanol–water partition coefficient (Wildman–Crippen LogP) is 2.88. The molecule has 5 heteroatoms. The van der Waals surface area contributed by atoms with Crippen LogP contribution in [-0.4, -0.2) is 25.6 Å². The second kappa shape index (κ2) is 5.61. The molecule has 1 N–H and O–H groups in total. The third kappa shape index (κ3) is 3.15. The number of nitrogens with zero attached hydrogens (tertiary/aromatic N) is 3. The van der Waals surface area contributed by atoms with Gasteiger partial charge in [-0.05, 0) is 17.9 Å². The normalized spacial score (nSPS) is 11.9. The van der Waals surface area contributed by atoms with Crippen molar-refractivity contribution in [2.24, 2.45) is 5.41 Å². The molecule has 0 saturated carbocycles. The fourth-order valence-electron chi connectivity index (χ4n) is 2.54. The van der Waals surface area contributed by atoms with Gasteiger partial charge in [-0.25, -0.2) is 4.98 Å². The first-order valence-electron chi connectivity index (χ1n) is 6.94. The van der Waals surface area contributed by atoms with Gasteiger partial charge in [0.05, 0.1) is 18.1 Å². The molecule has 2 heterocycles. The minimum atomic E-state index is -0.769. The molecule has 5 nitrogen and oxygen atoms in total. The molecule has 2 aromatic heterocycles. The van der Waals surface area contributed by atoms with Crippen molar-refractivity contribution in [1.82, 2.24) is 14.5 Å². The quantitative estimate of drug-likeness (QED) is 0.880. The lowest BCUT2D eigenvalue weighted by molar-refractivity contribution is -0.139. The van der Waals surface area contributed by atoms with Crippen LogP contribution in [0.4, 0.5) is 0 Å². The summed E-state index contributed by atoms with van der Waals surface area (Å²) in [5.74, 6) is 0.177. The summed E-state index contributed by atoms with van der Waals surface area (Å²) < 4.78 is 2.18. The van der Waals surface area contributed by atoms with Gasteiger partial charge in [-0.1, -0.05) is 20.8 Å². The lowest BCUT2D eigenvalue weighted by Gasteiger charge is -2.22. The first-order valence-corrected chi connectivity index (χ1v) is 6.94. The summed E-state index contributed by atoms with van der Waals surface area (Å²) in [6.45, 7) is 6.95. The summed E-state index contributed by atoms with van der Waals surface area (Å²) in [7, 11) is 0. The number of aromatic nitrogens is 3. The van der Waals surface area contributed by atoms with E-state index >= 15 is 0 Å². The number of aliphatic carboxylic acids is 1. The Balaban J connectivity index is 2.38. The number of imidazole rings is 1. The predicted molar refractivity (Wildman–Crippen MR) is 77.6 cm³/mol. The van der Waals surface area contributed by atoms with E-state index in [4.69, 9.17) is 5.11 Å². The summed E-state index contributed by atoms with van der Waals surface area (Å²) >= 11 is 0. The van der Waals surface area contributed by atoms with E-state index < -0.39 is 5.97 Å². The van der Waals surface area contributed by atoms with Gasteiger partial charge in [-0.2, -0.15) is 0 Å². The Labute approximate surface area is 118 Å². The fraction of sp³-hybridized carbons (Fsp3) is 0.533. The molecule has 0 aromatic carbocycles. The molecular weight excluding hydrogens is 254 g/mol. The molecule has 0 aliphatic rings. The molecule has 0 fully saturated rings. The standard InChI is InChI=1S/C15H21N3O2/c1-4-7-18-12-5-6-16-10-11(12)17-13(18)8-15(2,3)9-14(19)20/h5-6,10H,4,7-9H2,1-3H3,(H,19,20). The van der Waals surface area contributed by atoms with Gasteiger partial charge in [0.2, 0.25) is 0 Å². The lowest BCUT2D eigenvalue weighted by Crippen LogP contribution is -2.22. The average Bonchev–Trinajstić information content (AvgIpc) is 2.65. The minimum Gasteiger partial charge on any atom is -0.481 e. The first kappa shape index (κ1) is 14.5. The highest BCUT2D eigenvalue weighted by Gasteiger charge is 2.25. The number of carboxylic acids is 1. The van der Waals surface area contributed by atoms with Crippen LogP contribution in [-0.2, 0) is 17.8 Å². The van der Waals surface area contributed by atoms with E-state index in [0.29, 0.717) is 6.42 Å². The van der Waals surface area contributed by atoms with Crippen LogP contribution in [0.3, 0.4) is 0 Å². The number of pyridine rings is 1. The van der Waals surface area contributed by atoms with Crippen LogP contribution in [0.5, 0.6) is 0 Å². The highest BCUT2D eigenvalue weighted by Crippen LogP contribution is 2.27. The Hall–Kier alpha value is -1.91. The zero-order valence-electron chi connectivity index (χ0n) is 12.3. The first-order chi connectivity index (χ1) is 9.43. The summed E-state index contributed by atoms with van der Waals surface area (Å²) in [5, 5.41) is 9.00. The average molecular weight is 275 g/mol. The molecule has 0 aliphatic carbocycles. The topological polar surface area (TPSA) is 68.0 Å². The van der Waals surface area contributed by atoms with E-state index in [9.17, 15) is 4.79 Å². The number of carbonyl (C=O) groups is 1. The number of hydrogen-bond acceptors (Lipinski definition) is 3. The maximum Gasteiger partial charge on any atom is 0.303 e. The molecule has 0 amide bonds. The highest BCUT2D eigenvalue weighted by atomic mass is 16.4. The summed E-state index contributed by atoms with van der Waals surface area (Å²) in [6.07, 6.45) is 5.33. The zero-order valence-corrected chi connectivity index (χ0v) is 12.3. The second-order valence-corrected chi connectivity index (χ2v) is 5.96. The highest BCUT2D eigenvalue weighted by molar-refractivity contribution is 5.74. The van der Waals surface area contributed by atoms with Crippen LogP contribution in [0.25, 0.3) is 11.0 Å². The van der Waals surface area contributed by atoms with Crippen molar-refractivity contribution in [3.63, 3.8) is 0 Å². The van der Waals surface area contributed by atoms with Crippen molar-refractivity contribution in [2.75, 3.05) is 0 Å². The van der Waals surface area contributed by atoms with Gasteiger partial charge in [0.25, 0.3) is 0 Å². The van der Waals surface area contributed by atoms with Crippen LogP contribution < -0.4 is 0 Å². The van der Waals surface area contributed by atoms with Crippen molar-refractivity contribution < 1.29 is 9.90 Å². The molecule has 0 saturated heterocycles. The summed E-state index contributed by atoms with van der Waals surface area (Å²) in [6, 6.07) is 1.96. The van der Waals surface area contributed by atoms with Crippen LogP contribution in [0.2, 0.25) is 0 Å². The maximum absolute atomic E-state index is 11.0. The summed E-state index contributed by atoms with van der Waals surface area (Å²) in [4.78, 5) is 19.7. The van der Waals surface area contributed by atoms with Crippen molar-refractivity contribution in [1.29, 1.82) is 0 Å². The van der Waals surface area contributed by atoms with E-state index in [2.05, 4.69) is 21.5 Å². The number of rotatable bonds is 6.